The Morgan fingerprint density at radius 2 is 0.955 bits per heavy atom. The zero-order valence-corrected chi connectivity index (χ0v) is 39.7. The highest BCUT2D eigenvalue weighted by Crippen LogP contribution is 2.50. The average molecular weight is 865 g/mol. The topological polar surface area (TPSA) is 26.6 Å². The Balaban J connectivity index is 1.16. The minimum Gasteiger partial charge on any atom is -0.309 e. The van der Waals surface area contributed by atoms with E-state index < -0.39 is 0 Å². The first-order valence-corrected chi connectivity index (χ1v) is 24.0. The fourth-order valence-electron chi connectivity index (χ4n) is 11.8. The first kappa shape index (κ1) is 38.8. The number of pyridine rings is 1. The highest BCUT2D eigenvalue weighted by atomic mass is 15.0. The SMILES string of the molecule is CC(C)(C)c1ccc2c(c1)c1cc(C(C)(C)C)cc3c4cc5c(nc4n2c13)c1cc(C(C)(C)C)cc2c3c4ccccc4cc(-c4ccc6c(c4)c4ccccc4n6-c4ccccc4)c3n5c12. The number of para-hydroxylation sites is 2. The van der Waals surface area contributed by atoms with Gasteiger partial charge in [0.15, 0.2) is 0 Å². The van der Waals surface area contributed by atoms with Crippen molar-refractivity contribution in [1.82, 2.24) is 18.4 Å². The summed E-state index contributed by atoms with van der Waals surface area (Å²) in [7, 11) is 0. The van der Waals surface area contributed by atoms with Crippen LogP contribution in [0.15, 0.2) is 152 Å². The molecule has 324 valence electrons. The van der Waals surface area contributed by atoms with Gasteiger partial charge in [0.1, 0.15) is 5.65 Å². The summed E-state index contributed by atoms with van der Waals surface area (Å²) < 4.78 is 7.48. The Labute approximate surface area is 389 Å². The Morgan fingerprint density at radius 1 is 0.373 bits per heavy atom. The van der Waals surface area contributed by atoms with Crippen molar-refractivity contribution in [2.24, 2.45) is 0 Å². The van der Waals surface area contributed by atoms with Crippen LogP contribution in [0.25, 0.3) is 126 Å². The van der Waals surface area contributed by atoms with Gasteiger partial charge in [-0.25, -0.2) is 4.98 Å². The molecule has 0 aliphatic heterocycles. The lowest BCUT2D eigenvalue weighted by molar-refractivity contribution is 0.590. The number of benzene rings is 8. The van der Waals surface area contributed by atoms with Crippen LogP contribution in [0.4, 0.5) is 0 Å². The van der Waals surface area contributed by atoms with Crippen molar-refractivity contribution in [1.29, 1.82) is 0 Å². The van der Waals surface area contributed by atoms with Crippen molar-refractivity contribution in [3.8, 4) is 16.8 Å². The molecule has 14 rings (SSSR count). The molecule has 0 saturated heterocycles. The lowest BCUT2D eigenvalue weighted by Crippen LogP contribution is -2.11. The Bertz CT molecular complexity index is 4420. The molecule has 0 aliphatic carbocycles. The van der Waals surface area contributed by atoms with Crippen LogP contribution in [0, 0.1) is 0 Å². The van der Waals surface area contributed by atoms with Gasteiger partial charge in [0.2, 0.25) is 0 Å². The molecular formula is C63H52N4. The summed E-state index contributed by atoms with van der Waals surface area (Å²) in [6.45, 7) is 21.0. The molecule has 0 fully saturated rings. The van der Waals surface area contributed by atoms with Crippen LogP contribution >= 0.6 is 0 Å². The zero-order chi connectivity index (χ0) is 45.6. The van der Waals surface area contributed by atoms with Crippen LogP contribution in [0.2, 0.25) is 0 Å². The molecule has 6 aromatic heterocycles. The lowest BCUT2D eigenvalue weighted by Gasteiger charge is -2.20. The van der Waals surface area contributed by atoms with E-state index in [9.17, 15) is 0 Å². The van der Waals surface area contributed by atoms with E-state index in [4.69, 9.17) is 4.98 Å². The van der Waals surface area contributed by atoms with Gasteiger partial charge in [0.05, 0.1) is 44.1 Å². The molecule has 0 N–H and O–H groups in total. The Kier molecular flexibility index (Phi) is 7.36. The molecule has 14 aromatic rings. The first-order valence-electron chi connectivity index (χ1n) is 24.0. The van der Waals surface area contributed by atoms with Gasteiger partial charge >= 0.3 is 0 Å². The van der Waals surface area contributed by atoms with Crippen LogP contribution in [-0.4, -0.2) is 18.4 Å². The molecule has 0 saturated carbocycles. The predicted molar refractivity (Wildman–Crippen MR) is 287 cm³/mol. The van der Waals surface area contributed by atoms with Gasteiger partial charge in [-0.1, -0.05) is 135 Å². The van der Waals surface area contributed by atoms with Gasteiger partial charge < -0.3 is 8.97 Å². The van der Waals surface area contributed by atoms with Crippen molar-refractivity contribution >= 4 is 109 Å². The highest BCUT2D eigenvalue weighted by Gasteiger charge is 2.30. The number of nitrogens with zero attached hydrogens (tertiary/aromatic N) is 4. The maximum absolute atomic E-state index is 5.91. The molecule has 6 heterocycles. The highest BCUT2D eigenvalue weighted by molar-refractivity contribution is 6.32. The third kappa shape index (κ3) is 5.16. The number of hydrogen-bond donors (Lipinski definition) is 0. The maximum atomic E-state index is 5.91. The minimum absolute atomic E-state index is 0.0326. The van der Waals surface area contributed by atoms with Crippen molar-refractivity contribution in [3.05, 3.63) is 168 Å². The number of rotatable bonds is 2. The monoisotopic (exact) mass is 864 g/mol. The van der Waals surface area contributed by atoms with E-state index in [1.165, 1.54) is 126 Å². The molecule has 8 aromatic carbocycles. The zero-order valence-electron chi connectivity index (χ0n) is 39.7. The van der Waals surface area contributed by atoms with Crippen molar-refractivity contribution in [2.75, 3.05) is 0 Å². The third-order valence-corrected chi connectivity index (χ3v) is 15.3. The molecule has 0 atom stereocenters. The second-order valence-corrected chi connectivity index (χ2v) is 22.5. The van der Waals surface area contributed by atoms with Crippen LogP contribution in [0.1, 0.15) is 79.0 Å². The van der Waals surface area contributed by atoms with Crippen LogP contribution < -0.4 is 0 Å². The average Bonchev–Trinajstić information content (AvgIpc) is 4.10. The smallest absolute Gasteiger partial charge is 0.146 e. The van der Waals surface area contributed by atoms with E-state index in [2.05, 4.69) is 227 Å². The van der Waals surface area contributed by atoms with Gasteiger partial charge in [-0.2, -0.15) is 0 Å². The van der Waals surface area contributed by atoms with E-state index in [1.807, 2.05) is 0 Å². The second kappa shape index (κ2) is 12.7. The third-order valence-electron chi connectivity index (χ3n) is 15.3. The summed E-state index contributed by atoms with van der Waals surface area (Å²) in [6.07, 6.45) is 0. The molecule has 0 aliphatic rings. The van der Waals surface area contributed by atoms with E-state index >= 15 is 0 Å². The van der Waals surface area contributed by atoms with Crippen molar-refractivity contribution < 1.29 is 0 Å². The Morgan fingerprint density at radius 3 is 1.70 bits per heavy atom. The summed E-state index contributed by atoms with van der Waals surface area (Å²) in [4.78, 5) is 5.91. The molecule has 4 heteroatoms. The van der Waals surface area contributed by atoms with Crippen LogP contribution in [-0.2, 0) is 16.2 Å². The predicted octanol–water partition coefficient (Wildman–Crippen LogP) is 17.2. The molecule has 0 unspecified atom stereocenters. The van der Waals surface area contributed by atoms with E-state index in [0.29, 0.717) is 0 Å². The first-order chi connectivity index (χ1) is 32.1. The van der Waals surface area contributed by atoms with Crippen LogP contribution in [0.5, 0.6) is 0 Å². The molecule has 67 heavy (non-hydrogen) atoms. The summed E-state index contributed by atoms with van der Waals surface area (Å²) in [5.74, 6) is 0. The molecule has 0 bridgehead atoms. The Hall–Kier alpha value is -7.43. The molecule has 0 spiro atoms. The summed E-state index contributed by atoms with van der Waals surface area (Å²) in [5.41, 5.74) is 18.1. The van der Waals surface area contributed by atoms with Gasteiger partial charge in [-0.15, -0.1) is 0 Å². The van der Waals surface area contributed by atoms with Gasteiger partial charge in [-0.05, 0) is 128 Å². The van der Waals surface area contributed by atoms with Crippen LogP contribution in [0.3, 0.4) is 0 Å². The van der Waals surface area contributed by atoms with Crippen molar-refractivity contribution in [3.63, 3.8) is 0 Å². The molecule has 0 radical (unpaired) electrons. The molecule has 4 nitrogen and oxygen atoms in total. The lowest BCUT2D eigenvalue weighted by atomic mass is 9.84. The van der Waals surface area contributed by atoms with E-state index in [1.54, 1.807) is 0 Å². The number of aromatic nitrogens is 4. The quantitative estimate of drug-likeness (QED) is 0.170. The molecular weight excluding hydrogens is 813 g/mol. The van der Waals surface area contributed by atoms with Gasteiger partial charge in [0, 0.05) is 59.7 Å². The summed E-state index contributed by atoms with van der Waals surface area (Å²) in [5, 5.41) is 13.9. The fraction of sp³-hybridized carbons (Fsp3) is 0.190. The van der Waals surface area contributed by atoms with Crippen molar-refractivity contribution in [2.45, 2.75) is 78.6 Å². The number of hydrogen-bond acceptors (Lipinski definition) is 1. The van der Waals surface area contributed by atoms with E-state index in [-0.39, 0.29) is 16.2 Å². The summed E-state index contributed by atoms with van der Waals surface area (Å²) in [6, 6.07) is 57.7. The second-order valence-electron chi connectivity index (χ2n) is 22.5. The fourth-order valence-corrected chi connectivity index (χ4v) is 11.8. The largest absolute Gasteiger partial charge is 0.309 e. The summed E-state index contributed by atoms with van der Waals surface area (Å²) >= 11 is 0. The maximum Gasteiger partial charge on any atom is 0.146 e. The minimum atomic E-state index is -0.0862. The van der Waals surface area contributed by atoms with Gasteiger partial charge in [0.25, 0.3) is 0 Å². The molecule has 0 amide bonds. The number of fused-ring (bicyclic) bond motifs is 17. The van der Waals surface area contributed by atoms with E-state index in [0.717, 1.165) is 16.7 Å². The standard InChI is InChI=1S/C63H52N4/c1-61(2,3)37-24-26-53-45(29-37)46-30-38(62(4,5)6)31-47-48-34-54-56(64-60(48)67(53)57(46)47)50-33-39(63(7,8)9)32-49-55-41-20-14-13-17-35(41)27-43(59(55)66(54)58(49)50)36-23-25-52-44(28-36)42-21-15-16-22-51(42)65(52)40-18-11-10-12-19-40/h10-34H,1-9H3. The normalized spacial score (nSPS) is 13.4. The van der Waals surface area contributed by atoms with Gasteiger partial charge in [-0.3, -0.25) is 4.40 Å².